The molecule has 1 saturated heterocycles. The van der Waals surface area contributed by atoms with Crippen LogP contribution in [0.25, 0.3) is 5.95 Å². The Morgan fingerprint density at radius 3 is 2.60 bits per heavy atom. The average Bonchev–Trinajstić information content (AvgIpc) is 3.61. The number of benzene rings is 2. The predicted octanol–water partition coefficient (Wildman–Crippen LogP) is 3.57. The van der Waals surface area contributed by atoms with Crippen molar-refractivity contribution in [1.29, 1.82) is 0 Å². The zero-order valence-electron chi connectivity index (χ0n) is 25.3. The third-order valence-electron chi connectivity index (χ3n) is 7.47. The van der Waals surface area contributed by atoms with Crippen molar-refractivity contribution in [2.24, 2.45) is 0 Å². The monoisotopic (exact) mass is 633 g/mol. The van der Waals surface area contributed by atoms with Gasteiger partial charge in [-0.2, -0.15) is 4.98 Å². The number of amides is 2. The highest BCUT2D eigenvalue weighted by atomic mass is 35.5. The lowest BCUT2D eigenvalue weighted by Crippen LogP contribution is -2.57. The molecule has 0 radical (unpaired) electrons. The fourth-order valence-electron chi connectivity index (χ4n) is 5.20. The number of para-hydroxylation sites is 1. The Bertz CT molecular complexity index is 1570. The van der Waals surface area contributed by atoms with Gasteiger partial charge in [0, 0.05) is 51.1 Å². The summed E-state index contributed by atoms with van der Waals surface area (Å²) in [5.41, 5.74) is 1.08. The van der Waals surface area contributed by atoms with E-state index in [0.29, 0.717) is 55.2 Å². The van der Waals surface area contributed by atoms with Gasteiger partial charge in [-0.3, -0.25) is 14.2 Å². The number of nitrogens with one attached hydrogen (secondary N) is 1. The minimum atomic E-state index is -0.415. The fourth-order valence-corrected chi connectivity index (χ4v) is 5.38. The minimum absolute atomic E-state index is 0.122. The van der Waals surface area contributed by atoms with Gasteiger partial charge >= 0.3 is 0 Å². The summed E-state index contributed by atoms with van der Waals surface area (Å²) in [4.78, 5) is 43.3. The molecule has 0 saturated carbocycles. The molecule has 2 amide bonds. The second-order valence-electron chi connectivity index (χ2n) is 10.5. The highest BCUT2D eigenvalue weighted by Gasteiger charge is 2.33. The number of carbonyl (C=O) groups is 2. The van der Waals surface area contributed by atoms with E-state index in [0.717, 1.165) is 18.4 Å². The maximum Gasteiger partial charge on any atom is 0.260 e. The summed E-state index contributed by atoms with van der Waals surface area (Å²) < 4.78 is 18.1. The Morgan fingerprint density at radius 1 is 1.02 bits per heavy atom. The Labute approximate surface area is 266 Å². The number of methoxy groups -OCH3 is 2. The van der Waals surface area contributed by atoms with Crippen LogP contribution in [0.2, 0.25) is 5.15 Å². The molecule has 1 N–H and O–H groups in total. The summed E-state index contributed by atoms with van der Waals surface area (Å²) in [5.74, 6) is 2.60. The quantitative estimate of drug-likeness (QED) is 0.174. The van der Waals surface area contributed by atoms with Crippen LogP contribution in [-0.4, -0.2) is 89.3 Å². The molecule has 0 aliphatic carbocycles. The summed E-state index contributed by atoms with van der Waals surface area (Å²) in [6.07, 6.45) is 6.58. The van der Waals surface area contributed by atoms with Gasteiger partial charge in [-0.05, 0) is 42.7 Å². The lowest BCUT2D eigenvalue weighted by Gasteiger charge is -2.41. The molecule has 5 rings (SSSR count). The van der Waals surface area contributed by atoms with E-state index in [4.69, 9.17) is 25.8 Å². The predicted molar refractivity (Wildman–Crippen MR) is 169 cm³/mol. The molecule has 1 atom stereocenters. The molecule has 0 bridgehead atoms. The van der Waals surface area contributed by atoms with Crippen molar-refractivity contribution in [2.45, 2.75) is 25.3 Å². The number of anilines is 1. The first-order chi connectivity index (χ1) is 21.9. The second-order valence-corrected chi connectivity index (χ2v) is 10.8. The molecule has 12 nitrogen and oxygen atoms in total. The van der Waals surface area contributed by atoms with Gasteiger partial charge in [-0.1, -0.05) is 35.9 Å². The third-order valence-corrected chi connectivity index (χ3v) is 7.66. The number of aryl methyl sites for hydroxylation is 1. The maximum atomic E-state index is 13.4. The fraction of sp³-hybridized carbons (Fsp3) is 0.344. The molecule has 0 spiro atoms. The Balaban J connectivity index is 1.23. The van der Waals surface area contributed by atoms with Crippen LogP contribution in [0, 0.1) is 0 Å². The van der Waals surface area contributed by atoms with Crippen molar-refractivity contribution < 1.29 is 23.8 Å². The SMILES string of the molecule is COc1ccc(CCCNC(=O)CC2CN(c3cc(Cl)nc(-n4ccnc4)n3)CCN2C(=O)COc2ccccc2)cc1OC. The van der Waals surface area contributed by atoms with Gasteiger partial charge in [-0.15, -0.1) is 0 Å². The molecule has 1 aliphatic rings. The average molecular weight is 634 g/mol. The van der Waals surface area contributed by atoms with Gasteiger partial charge < -0.3 is 29.3 Å². The number of imidazole rings is 1. The van der Waals surface area contributed by atoms with E-state index in [1.165, 1.54) is 0 Å². The van der Waals surface area contributed by atoms with Gasteiger partial charge in [0.15, 0.2) is 18.1 Å². The highest BCUT2D eigenvalue weighted by molar-refractivity contribution is 6.29. The number of ether oxygens (including phenoxy) is 3. The number of halogens is 1. The highest BCUT2D eigenvalue weighted by Crippen LogP contribution is 2.28. The Hall–Kier alpha value is -4.84. The number of aromatic nitrogens is 4. The first kappa shape index (κ1) is 31.6. The van der Waals surface area contributed by atoms with Crippen molar-refractivity contribution in [2.75, 3.05) is 51.9 Å². The van der Waals surface area contributed by atoms with E-state index in [1.807, 2.05) is 41.3 Å². The van der Waals surface area contributed by atoms with Crippen LogP contribution in [-0.2, 0) is 16.0 Å². The summed E-state index contributed by atoms with van der Waals surface area (Å²) in [7, 11) is 3.21. The van der Waals surface area contributed by atoms with Gasteiger partial charge in [0.2, 0.25) is 11.9 Å². The number of hydrogen-bond acceptors (Lipinski definition) is 9. The standard InChI is InChI=1S/C32H36ClN7O5/c1-43-26-11-10-23(17-27(26)44-2)7-6-12-35-30(41)18-24-20-38(29-19-28(33)36-32(37-29)39-14-13-34-22-39)15-16-40(24)31(42)21-45-25-8-4-3-5-9-25/h3-5,8-11,13-14,17,19,22,24H,6-7,12,15-16,18,20-21H2,1-2H3,(H,35,41). The molecular weight excluding hydrogens is 598 g/mol. The number of hydrogen-bond donors (Lipinski definition) is 1. The summed E-state index contributed by atoms with van der Waals surface area (Å²) in [6, 6.07) is 16.2. The van der Waals surface area contributed by atoms with Crippen molar-refractivity contribution in [3.8, 4) is 23.2 Å². The minimum Gasteiger partial charge on any atom is -0.493 e. The first-order valence-electron chi connectivity index (χ1n) is 14.7. The van der Waals surface area contributed by atoms with Crippen molar-refractivity contribution in [3.63, 3.8) is 0 Å². The van der Waals surface area contributed by atoms with Gasteiger partial charge in [0.25, 0.3) is 5.91 Å². The maximum absolute atomic E-state index is 13.4. The molecule has 236 valence electrons. The lowest BCUT2D eigenvalue weighted by atomic mass is 10.1. The summed E-state index contributed by atoms with van der Waals surface area (Å²) in [5, 5.41) is 3.30. The van der Waals surface area contributed by atoms with Crippen LogP contribution in [0.15, 0.2) is 73.3 Å². The van der Waals surface area contributed by atoms with Crippen LogP contribution in [0.1, 0.15) is 18.4 Å². The Morgan fingerprint density at radius 2 is 1.84 bits per heavy atom. The normalized spacial score (nSPS) is 14.6. The molecular formula is C32H36ClN7O5. The third kappa shape index (κ3) is 8.42. The van der Waals surface area contributed by atoms with Crippen LogP contribution in [0.4, 0.5) is 5.82 Å². The Kier molecular flexibility index (Phi) is 10.7. The lowest BCUT2D eigenvalue weighted by molar-refractivity contribution is -0.137. The topological polar surface area (TPSA) is 124 Å². The second kappa shape index (κ2) is 15.2. The number of nitrogens with zero attached hydrogens (tertiary/aromatic N) is 6. The molecule has 1 fully saturated rings. The molecule has 2 aromatic heterocycles. The van der Waals surface area contributed by atoms with Crippen molar-refractivity contribution in [1.82, 2.24) is 29.7 Å². The smallest absolute Gasteiger partial charge is 0.260 e. The zero-order valence-corrected chi connectivity index (χ0v) is 26.0. The first-order valence-corrected chi connectivity index (χ1v) is 15.0. The van der Waals surface area contributed by atoms with E-state index >= 15 is 0 Å². The van der Waals surface area contributed by atoms with E-state index in [2.05, 4.69) is 20.3 Å². The molecule has 3 heterocycles. The van der Waals surface area contributed by atoms with Gasteiger partial charge in [-0.25, -0.2) is 9.97 Å². The van der Waals surface area contributed by atoms with Crippen molar-refractivity contribution in [3.05, 3.63) is 84.0 Å². The van der Waals surface area contributed by atoms with Gasteiger partial charge in [0.1, 0.15) is 23.0 Å². The number of rotatable bonds is 13. The largest absolute Gasteiger partial charge is 0.493 e. The van der Waals surface area contributed by atoms with Crippen LogP contribution in [0.3, 0.4) is 0 Å². The molecule has 1 unspecified atom stereocenters. The molecule has 4 aromatic rings. The molecule has 2 aromatic carbocycles. The number of piperazine rings is 1. The van der Waals surface area contributed by atoms with Crippen LogP contribution in [0.5, 0.6) is 17.2 Å². The van der Waals surface area contributed by atoms with Crippen molar-refractivity contribution >= 4 is 29.2 Å². The molecule has 13 heteroatoms. The van der Waals surface area contributed by atoms with E-state index in [-0.39, 0.29) is 30.0 Å². The van der Waals surface area contributed by atoms with Gasteiger partial charge in [0.05, 0.1) is 20.3 Å². The van der Waals surface area contributed by atoms with E-state index in [9.17, 15) is 9.59 Å². The summed E-state index contributed by atoms with van der Waals surface area (Å²) >= 11 is 6.36. The number of carbonyl (C=O) groups excluding carboxylic acids is 2. The van der Waals surface area contributed by atoms with E-state index in [1.54, 1.807) is 60.6 Å². The molecule has 45 heavy (non-hydrogen) atoms. The van der Waals surface area contributed by atoms with E-state index < -0.39 is 6.04 Å². The van der Waals surface area contributed by atoms with Crippen LogP contribution >= 0.6 is 11.6 Å². The summed E-state index contributed by atoms with van der Waals surface area (Å²) in [6.45, 7) is 1.63. The zero-order chi connectivity index (χ0) is 31.6. The van der Waals surface area contributed by atoms with Crippen LogP contribution < -0.4 is 24.4 Å². The molecule has 1 aliphatic heterocycles.